The SMILES string of the molecule is CN(C)c1ccc(/C=N/NC(=O)C2C3CCCC2C3c2ccccc2)cc1. The molecular weight excluding hydrogens is 334 g/mol. The van der Waals surface area contributed by atoms with Crippen LogP contribution in [0, 0.1) is 17.8 Å². The van der Waals surface area contributed by atoms with Crippen molar-refractivity contribution >= 4 is 17.8 Å². The molecule has 2 fully saturated rings. The highest BCUT2D eigenvalue weighted by atomic mass is 16.2. The van der Waals surface area contributed by atoms with Gasteiger partial charge in [-0.2, -0.15) is 5.10 Å². The number of carbonyl (C=O) groups excluding carboxylic acids is 1. The highest BCUT2D eigenvalue weighted by Gasteiger charge is 2.55. The van der Waals surface area contributed by atoms with E-state index in [-0.39, 0.29) is 11.8 Å². The Morgan fingerprint density at radius 2 is 1.70 bits per heavy atom. The third-order valence-electron chi connectivity index (χ3n) is 6.21. The summed E-state index contributed by atoms with van der Waals surface area (Å²) in [6.45, 7) is 0. The minimum Gasteiger partial charge on any atom is -0.378 e. The molecule has 2 saturated carbocycles. The zero-order chi connectivity index (χ0) is 18.8. The maximum atomic E-state index is 12.7. The fourth-order valence-corrected chi connectivity index (χ4v) is 4.91. The standard InChI is InChI=1S/C23H27N3O/c1-26(2)18-13-11-16(12-14-18)15-24-25-23(27)22-19-9-6-10-20(22)21(19)17-7-4-3-5-8-17/h3-5,7-8,11-15,19-22H,6,9-10H2,1-2H3,(H,25,27)/b24-15+. The summed E-state index contributed by atoms with van der Waals surface area (Å²) in [6.07, 6.45) is 5.25. The van der Waals surface area contributed by atoms with Crippen LogP contribution in [-0.2, 0) is 4.79 Å². The van der Waals surface area contributed by atoms with Gasteiger partial charge in [0.1, 0.15) is 0 Å². The lowest BCUT2D eigenvalue weighted by molar-refractivity contribution is -0.140. The number of benzene rings is 2. The number of anilines is 1. The van der Waals surface area contributed by atoms with Crippen molar-refractivity contribution < 1.29 is 4.79 Å². The maximum Gasteiger partial charge on any atom is 0.243 e. The summed E-state index contributed by atoms with van der Waals surface area (Å²) in [6, 6.07) is 18.8. The topological polar surface area (TPSA) is 44.7 Å². The van der Waals surface area contributed by atoms with Crippen molar-refractivity contribution in [2.45, 2.75) is 25.2 Å². The third-order valence-corrected chi connectivity index (χ3v) is 6.21. The molecular formula is C23H27N3O. The molecule has 2 aliphatic carbocycles. The Kier molecular flexibility index (Phi) is 4.97. The van der Waals surface area contributed by atoms with E-state index in [1.165, 1.54) is 12.0 Å². The summed E-state index contributed by atoms with van der Waals surface area (Å²) < 4.78 is 0. The van der Waals surface area contributed by atoms with Gasteiger partial charge in [0.2, 0.25) is 5.91 Å². The predicted molar refractivity (Wildman–Crippen MR) is 110 cm³/mol. The fourth-order valence-electron chi connectivity index (χ4n) is 4.91. The van der Waals surface area contributed by atoms with E-state index >= 15 is 0 Å². The zero-order valence-corrected chi connectivity index (χ0v) is 16.0. The maximum absolute atomic E-state index is 12.7. The molecule has 0 spiro atoms. The third kappa shape index (κ3) is 3.48. The summed E-state index contributed by atoms with van der Waals surface area (Å²) >= 11 is 0. The van der Waals surface area contributed by atoms with Gasteiger partial charge in [0.05, 0.1) is 6.21 Å². The van der Waals surface area contributed by atoms with E-state index in [2.05, 4.69) is 45.8 Å². The molecule has 27 heavy (non-hydrogen) atoms. The molecule has 2 bridgehead atoms. The minimum absolute atomic E-state index is 0.0815. The molecule has 4 nitrogen and oxygen atoms in total. The second-order valence-corrected chi connectivity index (χ2v) is 7.94. The van der Waals surface area contributed by atoms with Gasteiger partial charge in [-0.25, -0.2) is 5.43 Å². The first-order valence-electron chi connectivity index (χ1n) is 9.80. The average molecular weight is 361 g/mol. The molecule has 2 atom stereocenters. The molecule has 2 aromatic rings. The lowest BCUT2D eigenvalue weighted by atomic mass is 9.48. The predicted octanol–water partition coefficient (Wildman–Crippen LogP) is 4.03. The van der Waals surface area contributed by atoms with Crippen molar-refractivity contribution in [2.24, 2.45) is 22.9 Å². The second kappa shape index (κ2) is 7.55. The molecule has 4 rings (SSSR count). The molecule has 1 N–H and O–H groups in total. The molecule has 140 valence electrons. The van der Waals surface area contributed by atoms with Crippen molar-refractivity contribution in [3.8, 4) is 0 Å². The van der Waals surface area contributed by atoms with E-state index in [9.17, 15) is 4.79 Å². The number of rotatable bonds is 5. The van der Waals surface area contributed by atoms with Gasteiger partial charge < -0.3 is 4.90 Å². The number of carbonyl (C=O) groups is 1. The van der Waals surface area contributed by atoms with Crippen LogP contribution in [0.1, 0.15) is 36.3 Å². The Morgan fingerprint density at radius 1 is 1.04 bits per heavy atom. The van der Waals surface area contributed by atoms with Crippen molar-refractivity contribution in [1.29, 1.82) is 0 Å². The number of nitrogens with one attached hydrogen (secondary N) is 1. The van der Waals surface area contributed by atoms with E-state index in [0.29, 0.717) is 17.8 Å². The lowest BCUT2D eigenvalue weighted by Gasteiger charge is -2.55. The lowest BCUT2D eigenvalue weighted by Crippen LogP contribution is -2.54. The van der Waals surface area contributed by atoms with Gasteiger partial charge in [-0.3, -0.25) is 4.79 Å². The summed E-state index contributed by atoms with van der Waals surface area (Å²) in [5, 5.41) is 4.21. The van der Waals surface area contributed by atoms with Crippen LogP contribution in [-0.4, -0.2) is 26.2 Å². The monoisotopic (exact) mass is 361 g/mol. The number of hydrogen-bond acceptors (Lipinski definition) is 3. The Labute approximate surface area is 161 Å². The van der Waals surface area contributed by atoms with Crippen LogP contribution in [0.25, 0.3) is 0 Å². The Balaban J connectivity index is 1.38. The van der Waals surface area contributed by atoms with Gasteiger partial charge in [0.15, 0.2) is 0 Å². The van der Waals surface area contributed by atoms with Crippen LogP contribution < -0.4 is 10.3 Å². The minimum atomic E-state index is 0.0815. The first-order valence-corrected chi connectivity index (χ1v) is 9.80. The molecule has 0 heterocycles. The van der Waals surface area contributed by atoms with Gasteiger partial charge in [-0.1, -0.05) is 48.9 Å². The van der Waals surface area contributed by atoms with Crippen molar-refractivity contribution in [1.82, 2.24) is 5.43 Å². The highest BCUT2D eigenvalue weighted by molar-refractivity contribution is 5.84. The molecule has 2 unspecified atom stereocenters. The van der Waals surface area contributed by atoms with Gasteiger partial charge in [-0.05, 0) is 53.9 Å². The van der Waals surface area contributed by atoms with Crippen LogP contribution in [0.2, 0.25) is 0 Å². The van der Waals surface area contributed by atoms with Crippen molar-refractivity contribution in [3.63, 3.8) is 0 Å². The van der Waals surface area contributed by atoms with Crippen LogP contribution in [0.4, 0.5) is 5.69 Å². The fraction of sp³-hybridized carbons (Fsp3) is 0.391. The van der Waals surface area contributed by atoms with Gasteiger partial charge >= 0.3 is 0 Å². The molecule has 4 heteroatoms. The molecule has 0 radical (unpaired) electrons. The second-order valence-electron chi connectivity index (χ2n) is 7.94. The summed E-state index contributed by atoms with van der Waals surface area (Å²) in [7, 11) is 4.03. The Hall–Kier alpha value is -2.62. The average Bonchev–Trinajstić information content (AvgIpc) is 2.69. The summed E-state index contributed by atoms with van der Waals surface area (Å²) in [4.78, 5) is 14.8. The number of fused-ring (bicyclic) bond motifs is 2. The molecule has 2 aliphatic rings. The van der Waals surface area contributed by atoms with Crippen LogP contribution in [0.3, 0.4) is 0 Å². The number of amides is 1. The first-order chi connectivity index (χ1) is 13.1. The first kappa shape index (κ1) is 17.8. The van der Waals surface area contributed by atoms with Crippen LogP contribution in [0.5, 0.6) is 0 Å². The zero-order valence-electron chi connectivity index (χ0n) is 16.0. The number of hydrazone groups is 1. The highest BCUT2D eigenvalue weighted by Crippen LogP contribution is 2.59. The normalized spacial score (nSPS) is 26.4. The van der Waals surface area contributed by atoms with Crippen molar-refractivity contribution in [2.75, 3.05) is 19.0 Å². The quantitative estimate of drug-likeness (QED) is 0.645. The number of hydrogen-bond donors (Lipinski definition) is 1. The summed E-state index contributed by atoms with van der Waals surface area (Å²) in [5.41, 5.74) is 6.31. The van der Waals surface area contributed by atoms with E-state index in [4.69, 9.17) is 0 Å². The molecule has 0 aliphatic heterocycles. The van der Waals surface area contributed by atoms with E-state index in [1.54, 1.807) is 6.21 Å². The van der Waals surface area contributed by atoms with Gasteiger partial charge in [0, 0.05) is 25.7 Å². The van der Waals surface area contributed by atoms with Crippen LogP contribution in [0.15, 0.2) is 59.7 Å². The van der Waals surface area contributed by atoms with Crippen LogP contribution >= 0.6 is 0 Å². The van der Waals surface area contributed by atoms with E-state index in [0.717, 1.165) is 24.1 Å². The Bertz CT molecular complexity index is 801. The number of nitrogens with zero attached hydrogens (tertiary/aromatic N) is 2. The molecule has 0 aromatic heterocycles. The van der Waals surface area contributed by atoms with Crippen molar-refractivity contribution in [3.05, 3.63) is 65.7 Å². The summed E-state index contributed by atoms with van der Waals surface area (Å²) in [5.74, 6) is 1.65. The van der Waals surface area contributed by atoms with Gasteiger partial charge in [0.25, 0.3) is 0 Å². The smallest absolute Gasteiger partial charge is 0.243 e. The van der Waals surface area contributed by atoms with Gasteiger partial charge in [-0.15, -0.1) is 0 Å². The Morgan fingerprint density at radius 3 is 2.33 bits per heavy atom. The largest absolute Gasteiger partial charge is 0.378 e. The van der Waals surface area contributed by atoms with E-state index in [1.807, 2.05) is 38.4 Å². The molecule has 2 aromatic carbocycles. The molecule has 0 saturated heterocycles. The molecule has 1 amide bonds. The van der Waals surface area contributed by atoms with E-state index < -0.39 is 0 Å².